The van der Waals surface area contributed by atoms with Crippen molar-refractivity contribution in [3.63, 3.8) is 0 Å². The van der Waals surface area contributed by atoms with E-state index in [-0.39, 0.29) is 0 Å². The molecular weight excluding hydrogens is 188 g/mol. The molecule has 82 valence electrons. The van der Waals surface area contributed by atoms with Gasteiger partial charge in [-0.15, -0.1) is 0 Å². The van der Waals surface area contributed by atoms with Crippen LogP contribution in [0.25, 0.3) is 0 Å². The molecule has 1 aliphatic rings. The maximum atomic E-state index is 5.19. The van der Waals surface area contributed by atoms with Crippen LogP contribution in [0.4, 0.5) is 5.69 Å². The van der Waals surface area contributed by atoms with Crippen molar-refractivity contribution in [2.75, 3.05) is 19.0 Å². The molecule has 0 radical (unpaired) electrons. The number of anilines is 1. The number of hydrogen-bond donors (Lipinski definition) is 1. The standard InChI is InChI=1S/C12H18N2O/c1-15-12-11(7-4-8-13-12)14-9-10-5-2-3-6-10/h4,7-8,10,14H,2-3,5-6,9H2,1H3. The van der Waals surface area contributed by atoms with E-state index in [1.165, 1.54) is 25.7 Å². The Morgan fingerprint density at radius 2 is 2.27 bits per heavy atom. The molecule has 0 aromatic carbocycles. The first-order valence-corrected chi connectivity index (χ1v) is 5.63. The minimum absolute atomic E-state index is 0.690. The first-order valence-electron chi connectivity index (χ1n) is 5.63. The Hall–Kier alpha value is -1.25. The molecule has 2 rings (SSSR count). The second-order valence-corrected chi connectivity index (χ2v) is 4.09. The van der Waals surface area contributed by atoms with Crippen molar-refractivity contribution in [1.82, 2.24) is 4.98 Å². The second kappa shape index (κ2) is 5.01. The Morgan fingerprint density at radius 1 is 1.47 bits per heavy atom. The lowest BCUT2D eigenvalue weighted by Crippen LogP contribution is -2.11. The van der Waals surface area contributed by atoms with Gasteiger partial charge < -0.3 is 10.1 Å². The van der Waals surface area contributed by atoms with Crippen LogP contribution in [0.3, 0.4) is 0 Å². The summed E-state index contributed by atoms with van der Waals surface area (Å²) in [5.41, 5.74) is 1.01. The Balaban J connectivity index is 1.91. The zero-order valence-corrected chi connectivity index (χ0v) is 9.20. The molecule has 0 unspecified atom stereocenters. The van der Waals surface area contributed by atoms with Crippen LogP contribution in [0.2, 0.25) is 0 Å². The first-order chi connectivity index (χ1) is 7.40. The van der Waals surface area contributed by atoms with Crippen molar-refractivity contribution in [3.05, 3.63) is 18.3 Å². The van der Waals surface area contributed by atoms with E-state index >= 15 is 0 Å². The molecule has 1 aromatic heterocycles. The van der Waals surface area contributed by atoms with Gasteiger partial charge in [-0.25, -0.2) is 4.98 Å². The predicted octanol–water partition coefficient (Wildman–Crippen LogP) is 2.69. The fourth-order valence-electron chi connectivity index (χ4n) is 2.16. The lowest BCUT2D eigenvalue weighted by Gasteiger charge is -2.13. The third kappa shape index (κ3) is 2.61. The summed E-state index contributed by atoms with van der Waals surface area (Å²) in [6.45, 7) is 1.04. The van der Waals surface area contributed by atoms with Gasteiger partial charge in [0.05, 0.1) is 12.8 Å². The summed E-state index contributed by atoms with van der Waals surface area (Å²) in [5.74, 6) is 1.52. The fourth-order valence-corrected chi connectivity index (χ4v) is 2.16. The summed E-state index contributed by atoms with van der Waals surface area (Å²) in [5, 5.41) is 3.42. The van der Waals surface area contributed by atoms with Gasteiger partial charge in [-0.05, 0) is 30.9 Å². The van der Waals surface area contributed by atoms with Gasteiger partial charge in [0.15, 0.2) is 0 Å². The van der Waals surface area contributed by atoms with E-state index in [4.69, 9.17) is 4.74 Å². The predicted molar refractivity (Wildman–Crippen MR) is 61.2 cm³/mol. The average molecular weight is 206 g/mol. The van der Waals surface area contributed by atoms with E-state index < -0.39 is 0 Å². The van der Waals surface area contributed by atoms with Crippen LogP contribution in [0.1, 0.15) is 25.7 Å². The van der Waals surface area contributed by atoms with Crippen molar-refractivity contribution in [1.29, 1.82) is 0 Å². The van der Waals surface area contributed by atoms with Crippen molar-refractivity contribution < 1.29 is 4.74 Å². The summed E-state index contributed by atoms with van der Waals surface area (Å²) >= 11 is 0. The molecule has 3 nitrogen and oxygen atoms in total. The Bertz CT molecular complexity index is 308. The molecule has 0 bridgehead atoms. The summed E-state index contributed by atoms with van der Waals surface area (Å²) < 4.78 is 5.19. The quantitative estimate of drug-likeness (QED) is 0.822. The Labute approximate surface area is 90.9 Å². The molecule has 15 heavy (non-hydrogen) atoms. The number of nitrogens with one attached hydrogen (secondary N) is 1. The highest BCUT2D eigenvalue weighted by Crippen LogP contribution is 2.26. The minimum Gasteiger partial charge on any atom is -0.480 e. The van der Waals surface area contributed by atoms with Crippen molar-refractivity contribution in [2.24, 2.45) is 5.92 Å². The van der Waals surface area contributed by atoms with Gasteiger partial charge in [0.2, 0.25) is 5.88 Å². The van der Waals surface area contributed by atoms with E-state index in [0.29, 0.717) is 5.88 Å². The second-order valence-electron chi connectivity index (χ2n) is 4.09. The summed E-state index contributed by atoms with van der Waals surface area (Å²) in [6, 6.07) is 3.94. The van der Waals surface area contributed by atoms with Gasteiger partial charge in [-0.1, -0.05) is 12.8 Å². The third-order valence-electron chi connectivity index (χ3n) is 3.02. The minimum atomic E-state index is 0.690. The number of hydrogen-bond acceptors (Lipinski definition) is 3. The van der Waals surface area contributed by atoms with Crippen LogP contribution >= 0.6 is 0 Å². The maximum Gasteiger partial charge on any atom is 0.237 e. The highest BCUT2D eigenvalue weighted by molar-refractivity contribution is 5.51. The van der Waals surface area contributed by atoms with Crippen molar-refractivity contribution >= 4 is 5.69 Å². The van der Waals surface area contributed by atoms with Gasteiger partial charge in [-0.2, -0.15) is 0 Å². The SMILES string of the molecule is COc1ncccc1NCC1CCCC1. The highest BCUT2D eigenvalue weighted by Gasteiger charge is 2.15. The molecule has 1 aromatic rings. The number of ether oxygens (including phenoxy) is 1. The fraction of sp³-hybridized carbons (Fsp3) is 0.583. The molecule has 0 aliphatic heterocycles. The molecule has 0 atom stereocenters. The summed E-state index contributed by atoms with van der Waals surface area (Å²) in [6.07, 6.45) is 7.23. The zero-order chi connectivity index (χ0) is 10.5. The number of methoxy groups -OCH3 is 1. The molecule has 0 spiro atoms. The number of rotatable bonds is 4. The largest absolute Gasteiger partial charge is 0.480 e. The van der Waals surface area contributed by atoms with E-state index in [1.54, 1.807) is 13.3 Å². The van der Waals surface area contributed by atoms with Gasteiger partial charge in [0, 0.05) is 12.7 Å². The molecule has 0 amide bonds. The lowest BCUT2D eigenvalue weighted by molar-refractivity contribution is 0.399. The monoisotopic (exact) mass is 206 g/mol. The summed E-state index contributed by atoms with van der Waals surface area (Å²) in [7, 11) is 1.66. The topological polar surface area (TPSA) is 34.1 Å². The van der Waals surface area contributed by atoms with E-state index in [1.807, 2.05) is 12.1 Å². The van der Waals surface area contributed by atoms with Crippen LogP contribution in [-0.4, -0.2) is 18.6 Å². The highest BCUT2D eigenvalue weighted by atomic mass is 16.5. The smallest absolute Gasteiger partial charge is 0.237 e. The van der Waals surface area contributed by atoms with E-state index in [2.05, 4.69) is 10.3 Å². The molecule has 1 heterocycles. The molecule has 1 aliphatic carbocycles. The van der Waals surface area contributed by atoms with Crippen LogP contribution < -0.4 is 10.1 Å². The van der Waals surface area contributed by atoms with E-state index in [9.17, 15) is 0 Å². The Morgan fingerprint density at radius 3 is 3.00 bits per heavy atom. The molecule has 3 heteroatoms. The Kier molecular flexibility index (Phi) is 3.43. The molecule has 0 saturated heterocycles. The van der Waals surface area contributed by atoms with Crippen molar-refractivity contribution in [3.8, 4) is 5.88 Å². The van der Waals surface area contributed by atoms with Gasteiger partial charge in [-0.3, -0.25) is 0 Å². The van der Waals surface area contributed by atoms with Crippen LogP contribution in [0, 0.1) is 5.92 Å². The molecule has 1 saturated carbocycles. The van der Waals surface area contributed by atoms with Gasteiger partial charge >= 0.3 is 0 Å². The van der Waals surface area contributed by atoms with Crippen LogP contribution in [-0.2, 0) is 0 Å². The molecular formula is C12H18N2O. The van der Waals surface area contributed by atoms with Crippen LogP contribution in [0.15, 0.2) is 18.3 Å². The van der Waals surface area contributed by atoms with E-state index in [0.717, 1.165) is 18.2 Å². The van der Waals surface area contributed by atoms with Crippen LogP contribution in [0.5, 0.6) is 5.88 Å². The molecule has 1 fully saturated rings. The zero-order valence-electron chi connectivity index (χ0n) is 9.20. The number of pyridine rings is 1. The summed E-state index contributed by atoms with van der Waals surface area (Å²) in [4.78, 5) is 4.16. The number of nitrogens with zero attached hydrogens (tertiary/aromatic N) is 1. The average Bonchev–Trinajstić information content (AvgIpc) is 2.79. The van der Waals surface area contributed by atoms with Crippen molar-refractivity contribution in [2.45, 2.75) is 25.7 Å². The maximum absolute atomic E-state index is 5.19. The molecule has 1 N–H and O–H groups in total. The van der Waals surface area contributed by atoms with Gasteiger partial charge in [0.25, 0.3) is 0 Å². The third-order valence-corrected chi connectivity index (χ3v) is 3.02. The normalized spacial score (nSPS) is 16.6. The van der Waals surface area contributed by atoms with Gasteiger partial charge in [0.1, 0.15) is 0 Å². The first kappa shape index (κ1) is 10.3. The number of aromatic nitrogens is 1. The lowest BCUT2D eigenvalue weighted by atomic mass is 10.1.